The van der Waals surface area contributed by atoms with E-state index in [4.69, 9.17) is 15.2 Å². The van der Waals surface area contributed by atoms with Crippen molar-refractivity contribution in [3.63, 3.8) is 0 Å². The number of amides is 1. The van der Waals surface area contributed by atoms with Crippen molar-refractivity contribution < 1.29 is 14.3 Å². The average Bonchev–Trinajstić information content (AvgIpc) is 2.27. The number of nitrogens with two attached hydrogens (primary N) is 1. The van der Waals surface area contributed by atoms with Crippen LogP contribution in [0.25, 0.3) is 0 Å². The number of fused-ring (bicyclic) bond motifs is 1. The second-order valence-corrected chi connectivity index (χ2v) is 3.53. The summed E-state index contributed by atoms with van der Waals surface area (Å²) < 4.78 is 10.8. The minimum absolute atomic E-state index is 0.305. The highest BCUT2D eigenvalue weighted by Crippen LogP contribution is 2.32. The van der Waals surface area contributed by atoms with Gasteiger partial charge in [-0.05, 0) is 24.6 Å². The minimum atomic E-state index is -0.341. The lowest BCUT2D eigenvalue weighted by atomic mass is 10.0. The van der Waals surface area contributed by atoms with Gasteiger partial charge >= 0.3 is 0 Å². The molecule has 0 spiro atoms. The monoisotopic (exact) mass is 207 g/mol. The molecule has 1 amide bonds. The Bertz CT molecular complexity index is 389. The number of ether oxygens (including phenoxy) is 2. The molecule has 0 saturated carbocycles. The van der Waals surface area contributed by atoms with E-state index >= 15 is 0 Å². The molecule has 1 unspecified atom stereocenters. The Morgan fingerprint density at radius 1 is 1.33 bits per heavy atom. The maximum absolute atomic E-state index is 11.0. The minimum Gasteiger partial charge on any atom is -0.486 e. The van der Waals surface area contributed by atoms with Crippen molar-refractivity contribution in [2.24, 2.45) is 5.73 Å². The van der Waals surface area contributed by atoms with Gasteiger partial charge in [-0.25, -0.2) is 0 Å². The maximum atomic E-state index is 11.0. The molecule has 1 aliphatic rings. The standard InChI is InChI=1S/C11H13NO3/c1-7(11(12)13)8-2-3-9-10(6-8)15-5-4-14-9/h2-3,6-7H,4-5H2,1H3,(H2,12,13). The first-order chi connectivity index (χ1) is 7.18. The summed E-state index contributed by atoms with van der Waals surface area (Å²) >= 11 is 0. The Hall–Kier alpha value is -1.71. The Balaban J connectivity index is 2.31. The number of hydrogen-bond donors (Lipinski definition) is 1. The molecule has 4 heteroatoms. The third kappa shape index (κ3) is 1.88. The Morgan fingerprint density at radius 3 is 2.67 bits per heavy atom. The lowest BCUT2D eigenvalue weighted by Gasteiger charge is -2.19. The van der Waals surface area contributed by atoms with Crippen molar-refractivity contribution in [2.45, 2.75) is 12.8 Å². The normalized spacial score (nSPS) is 15.8. The molecule has 0 aliphatic carbocycles. The number of hydrogen-bond acceptors (Lipinski definition) is 3. The van der Waals surface area contributed by atoms with Gasteiger partial charge in [0.25, 0.3) is 0 Å². The Morgan fingerprint density at radius 2 is 2.00 bits per heavy atom. The van der Waals surface area contributed by atoms with Crippen LogP contribution in [0.5, 0.6) is 11.5 Å². The molecule has 0 fully saturated rings. The molecular formula is C11H13NO3. The van der Waals surface area contributed by atoms with E-state index in [0.29, 0.717) is 19.0 Å². The molecule has 4 nitrogen and oxygen atoms in total. The molecule has 1 aromatic rings. The zero-order valence-corrected chi connectivity index (χ0v) is 8.53. The van der Waals surface area contributed by atoms with Gasteiger partial charge in [0, 0.05) is 0 Å². The lowest BCUT2D eigenvalue weighted by Crippen LogP contribution is -2.20. The van der Waals surface area contributed by atoms with Crippen LogP contribution in [-0.4, -0.2) is 19.1 Å². The largest absolute Gasteiger partial charge is 0.486 e. The van der Waals surface area contributed by atoms with E-state index in [0.717, 1.165) is 11.3 Å². The van der Waals surface area contributed by atoms with Crippen molar-refractivity contribution >= 4 is 5.91 Å². The predicted molar refractivity (Wildman–Crippen MR) is 55.0 cm³/mol. The summed E-state index contributed by atoms with van der Waals surface area (Å²) in [6.45, 7) is 2.88. The van der Waals surface area contributed by atoms with Crippen LogP contribution in [0.15, 0.2) is 18.2 Å². The zero-order valence-electron chi connectivity index (χ0n) is 8.53. The lowest BCUT2D eigenvalue weighted by molar-refractivity contribution is -0.119. The predicted octanol–water partition coefficient (Wildman–Crippen LogP) is 1.05. The van der Waals surface area contributed by atoms with Crippen molar-refractivity contribution in [1.29, 1.82) is 0 Å². The van der Waals surface area contributed by atoms with Gasteiger partial charge in [0.1, 0.15) is 13.2 Å². The molecule has 1 atom stereocenters. The summed E-state index contributed by atoms with van der Waals surface area (Å²) in [5.41, 5.74) is 6.09. The zero-order chi connectivity index (χ0) is 10.8. The highest BCUT2D eigenvalue weighted by atomic mass is 16.6. The van der Waals surface area contributed by atoms with Crippen LogP contribution in [0.3, 0.4) is 0 Å². The van der Waals surface area contributed by atoms with Crippen LogP contribution in [0.2, 0.25) is 0 Å². The summed E-state index contributed by atoms with van der Waals surface area (Å²) in [5.74, 6) is 0.765. The summed E-state index contributed by atoms with van der Waals surface area (Å²) in [6.07, 6.45) is 0. The molecular weight excluding hydrogens is 194 g/mol. The van der Waals surface area contributed by atoms with E-state index in [-0.39, 0.29) is 11.8 Å². The molecule has 2 rings (SSSR count). The number of carbonyl (C=O) groups is 1. The number of primary amides is 1. The van der Waals surface area contributed by atoms with Gasteiger partial charge in [-0.1, -0.05) is 6.07 Å². The molecule has 0 radical (unpaired) electrons. The summed E-state index contributed by atoms with van der Waals surface area (Å²) in [5, 5.41) is 0. The summed E-state index contributed by atoms with van der Waals surface area (Å²) in [6, 6.07) is 5.45. The van der Waals surface area contributed by atoms with Crippen LogP contribution in [0.4, 0.5) is 0 Å². The molecule has 0 saturated heterocycles. The van der Waals surface area contributed by atoms with Gasteiger partial charge in [-0.3, -0.25) is 4.79 Å². The van der Waals surface area contributed by atoms with Crippen LogP contribution >= 0.6 is 0 Å². The van der Waals surface area contributed by atoms with Gasteiger partial charge in [-0.15, -0.1) is 0 Å². The molecule has 15 heavy (non-hydrogen) atoms. The number of benzene rings is 1. The highest BCUT2D eigenvalue weighted by molar-refractivity contribution is 5.81. The SMILES string of the molecule is CC(C(N)=O)c1ccc2c(c1)OCCO2. The first-order valence-electron chi connectivity index (χ1n) is 4.87. The third-order valence-corrected chi connectivity index (χ3v) is 2.49. The van der Waals surface area contributed by atoms with Crippen LogP contribution in [0.1, 0.15) is 18.4 Å². The van der Waals surface area contributed by atoms with E-state index in [9.17, 15) is 4.79 Å². The highest BCUT2D eigenvalue weighted by Gasteiger charge is 2.16. The fraction of sp³-hybridized carbons (Fsp3) is 0.364. The molecule has 0 aromatic heterocycles. The van der Waals surface area contributed by atoms with Gasteiger partial charge in [-0.2, -0.15) is 0 Å². The maximum Gasteiger partial charge on any atom is 0.224 e. The number of rotatable bonds is 2. The van der Waals surface area contributed by atoms with Crippen LogP contribution in [0, 0.1) is 0 Å². The first-order valence-corrected chi connectivity index (χ1v) is 4.87. The number of carbonyl (C=O) groups excluding carboxylic acids is 1. The first kappa shape index (κ1) is 9.83. The van der Waals surface area contributed by atoms with Crippen LogP contribution < -0.4 is 15.2 Å². The second-order valence-electron chi connectivity index (χ2n) is 3.53. The van der Waals surface area contributed by atoms with E-state index in [1.807, 2.05) is 18.2 Å². The topological polar surface area (TPSA) is 61.6 Å². The second kappa shape index (κ2) is 3.81. The summed E-state index contributed by atoms with van der Waals surface area (Å²) in [7, 11) is 0. The average molecular weight is 207 g/mol. The smallest absolute Gasteiger partial charge is 0.224 e. The fourth-order valence-corrected chi connectivity index (χ4v) is 1.49. The quantitative estimate of drug-likeness (QED) is 0.788. The van der Waals surface area contributed by atoms with Gasteiger partial charge < -0.3 is 15.2 Å². The van der Waals surface area contributed by atoms with E-state index in [1.54, 1.807) is 6.92 Å². The van der Waals surface area contributed by atoms with Crippen molar-refractivity contribution in [3.8, 4) is 11.5 Å². The van der Waals surface area contributed by atoms with Crippen molar-refractivity contribution in [2.75, 3.05) is 13.2 Å². The van der Waals surface area contributed by atoms with Crippen LogP contribution in [-0.2, 0) is 4.79 Å². The third-order valence-electron chi connectivity index (χ3n) is 2.49. The Labute approximate surface area is 88.0 Å². The summed E-state index contributed by atoms with van der Waals surface area (Å²) in [4.78, 5) is 11.0. The van der Waals surface area contributed by atoms with E-state index in [2.05, 4.69) is 0 Å². The van der Waals surface area contributed by atoms with Crippen molar-refractivity contribution in [3.05, 3.63) is 23.8 Å². The molecule has 1 heterocycles. The van der Waals surface area contributed by atoms with E-state index in [1.165, 1.54) is 0 Å². The van der Waals surface area contributed by atoms with Gasteiger partial charge in [0.05, 0.1) is 5.92 Å². The Kier molecular flexibility index (Phi) is 2.49. The van der Waals surface area contributed by atoms with E-state index < -0.39 is 0 Å². The molecule has 80 valence electrons. The molecule has 0 bridgehead atoms. The van der Waals surface area contributed by atoms with Crippen molar-refractivity contribution in [1.82, 2.24) is 0 Å². The van der Waals surface area contributed by atoms with Gasteiger partial charge in [0.2, 0.25) is 5.91 Å². The molecule has 1 aliphatic heterocycles. The molecule has 1 aromatic carbocycles. The fourth-order valence-electron chi connectivity index (χ4n) is 1.49. The molecule has 2 N–H and O–H groups in total. The van der Waals surface area contributed by atoms with Gasteiger partial charge in [0.15, 0.2) is 11.5 Å².